The number of methoxy groups -OCH3 is 1. The molecule has 0 aliphatic carbocycles. The average Bonchev–Trinajstić information content (AvgIpc) is 2.45. The standard InChI is InChI=1S/C7H12ClN3O/c1-5(12-3)7-10-9-6(4-8)11(7)2/h5H,4H2,1-3H3. The monoisotopic (exact) mass is 189 g/mol. The van der Waals surface area contributed by atoms with E-state index in [1.165, 1.54) is 0 Å². The van der Waals surface area contributed by atoms with Crippen LogP contribution in [0.15, 0.2) is 0 Å². The molecule has 0 fully saturated rings. The van der Waals surface area contributed by atoms with E-state index >= 15 is 0 Å². The van der Waals surface area contributed by atoms with Crippen molar-refractivity contribution in [1.82, 2.24) is 14.8 Å². The Kier molecular flexibility index (Phi) is 3.05. The number of ether oxygens (including phenoxy) is 1. The third-order valence-corrected chi connectivity index (χ3v) is 2.07. The van der Waals surface area contributed by atoms with Crippen LogP contribution >= 0.6 is 11.6 Å². The summed E-state index contributed by atoms with van der Waals surface area (Å²) in [7, 11) is 3.52. The Morgan fingerprint density at radius 1 is 1.58 bits per heavy atom. The van der Waals surface area contributed by atoms with E-state index in [0.29, 0.717) is 5.88 Å². The Labute approximate surface area is 76.5 Å². The summed E-state index contributed by atoms with van der Waals surface area (Å²) in [5, 5.41) is 7.87. The Hall–Kier alpha value is -0.610. The number of hydrogen-bond donors (Lipinski definition) is 0. The fourth-order valence-corrected chi connectivity index (χ4v) is 1.18. The van der Waals surface area contributed by atoms with Gasteiger partial charge in [-0.25, -0.2) is 0 Å². The van der Waals surface area contributed by atoms with Crippen LogP contribution in [0.1, 0.15) is 24.7 Å². The maximum atomic E-state index is 5.63. The zero-order valence-corrected chi connectivity index (χ0v) is 8.17. The number of alkyl halides is 1. The molecule has 0 aliphatic heterocycles. The second-order valence-corrected chi connectivity index (χ2v) is 2.81. The lowest BCUT2D eigenvalue weighted by molar-refractivity contribution is 0.109. The predicted molar refractivity (Wildman–Crippen MR) is 46.0 cm³/mol. The summed E-state index contributed by atoms with van der Waals surface area (Å²) in [4.78, 5) is 0. The smallest absolute Gasteiger partial charge is 0.161 e. The molecule has 1 aromatic heterocycles. The Morgan fingerprint density at radius 2 is 2.25 bits per heavy atom. The summed E-state index contributed by atoms with van der Waals surface area (Å²) < 4.78 is 6.96. The maximum Gasteiger partial charge on any atom is 0.161 e. The van der Waals surface area contributed by atoms with Crippen molar-refractivity contribution in [2.45, 2.75) is 18.9 Å². The van der Waals surface area contributed by atoms with Gasteiger partial charge in [0.05, 0.1) is 5.88 Å². The molecule has 0 bridgehead atoms. The number of halogens is 1. The lowest BCUT2D eigenvalue weighted by atomic mass is 10.4. The number of aromatic nitrogens is 3. The topological polar surface area (TPSA) is 39.9 Å². The number of hydrogen-bond acceptors (Lipinski definition) is 3. The largest absolute Gasteiger partial charge is 0.374 e. The van der Waals surface area contributed by atoms with E-state index in [2.05, 4.69) is 10.2 Å². The fourth-order valence-electron chi connectivity index (χ4n) is 0.951. The highest BCUT2D eigenvalue weighted by atomic mass is 35.5. The molecule has 12 heavy (non-hydrogen) atoms. The molecule has 5 heteroatoms. The van der Waals surface area contributed by atoms with Crippen LogP contribution in [-0.2, 0) is 17.7 Å². The molecule has 0 aliphatic rings. The molecule has 0 N–H and O–H groups in total. The molecule has 1 aromatic rings. The second-order valence-electron chi connectivity index (χ2n) is 2.55. The van der Waals surface area contributed by atoms with Crippen LogP contribution in [0, 0.1) is 0 Å². The van der Waals surface area contributed by atoms with E-state index < -0.39 is 0 Å². The molecule has 0 aromatic carbocycles. The van der Waals surface area contributed by atoms with Crippen LogP contribution in [0.5, 0.6) is 0 Å². The molecule has 1 atom stereocenters. The normalized spacial score (nSPS) is 13.3. The molecule has 1 heterocycles. The van der Waals surface area contributed by atoms with Crippen LogP contribution in [0.3, 0.4) is 0 Å². The summed E-state index contributed by atoms with van der Waals surface area (Å²) in [6.07, 6.45) is -0.0422. The SMILES string of the molecule is COC(C)c1nnc(CCl)n1C. The number of nitrogens with zero attached hydrogens (tertiary/aromatic N) is 3. The first-order valence-corrected chi connectivity index (χ1v) is 4.21. The lowest BCUT2D eigenvalue weighted by Crippen LogP contribution is -2.06. The van der Waals surface area contributed by atoms with Gasteiger partial charge in [0.2, 0.25) is 0 Å². The van der Waals surface area contributed by atoms with Gasteiger partial charge in [-0.05, 0) is 6.92 Å². The predicted octanol–water partition coefficient (Wildman–Crippen LogP) is 1.26. The highest BCUT2D eigenvalue weighted by molar-refractivity contribution is 6.16. The summed E-state index contributed by atoms with van der Waals surface area (Å²) in [6, 6.07) is 0. The minimum atomic E-state index is -0.0422. The van der Waals surface area contributed by atoms with E-state index in [4.69, 9.17) is 16.3 Å². The average molecular weight is 190 g/mol. The minimum absolute atomic E-state index is 0.0422. The van der Waals surface area contributed by atoms with Crippen molar-refractivity contribution in [3.8, 4) is 0 Å². The van der Waals surface area contributed by atoms with Crippen molar-refractivity contribution >= 4 is 11.6 Å². The highest BCUT2D eigenvalue weighted by Gasteiger charge is 2.13. The van der Waals surface area contributed by atoms with Crippen molar-refractivity contribution in [3.05, 3.63) is 11.6 Å². The number of rotatable bonds is 3. The Balaban J connectivity index is 2.93. The first kappa shape index (κ1) is 9.48. The van der Waals surface area contributed by atoms with Gasteiger partial charge in [0.15, 0.2) is 5.82 Å². The minimum Gasteiger partial charge on any atom is -0.374 e. The van der Waals surface area contributed by atoms with Crippen LogP contribution < -0.4 is 0 Å². The van der Waals surface area contributed by atoms with E-state index in [1.54, 1.807) is 7.11 Å². The fraction of sp³-hybridized carbons (Fsp3) is 0.714. The van der Waals surface area contributed by atoms with Crippen molar-refractivity contribution < 1.29 is 4.74 Å². The summed E-state index contributed by atoms with van der Waals surface area (Å²) in [6.45, 7) is 1.92. The van der Waals surface area contributed by atoms with E-state index in [1.807, 2.05) is 18.5 Å². The summed E-state index contributed by atoms with van der Waals surface area (Å²) in [5.41, 5.74) is 0. The van der Waals surface area contributed by atoms with Crippen molar-refractivity contribution in [2.75, 3.05) is 7.11 Å². The molecule has 4 nitrogen and oxygen atoms in total. The third-order valence-electron chi connectivity index (χ3n) is 1.84. The maximum absolute atomic E-state index is 5.63. The van der Waals surface area contributed by atoms with Crippen LogP contribution in [0.25, 0.3) is 0 Å². The Bertz CT molecular complexity index is 261. The van der Waals surface area contributed by atoms with Gasteiger partial charge >= 0.3 is 0 Å². The zero-order chi connectivity index (χ0) is 9.14. The van der Waals surface area contributed by atoms with Gasteiger partial charge in [-0.2, -0.15) is 0 Å². The van der Waals surface area contributed by atoms with Gasteiger partial charge in [0.1, 0.15) is 11.9 Å². The van der Waals surface area contributed by atoms with Crippen LogP contribution in [0.2, 0.25) is 0 Å². The first-order chi connectivity index (χ1) is 5.70. The molecule has 68 valence electrons. The van der Waals surface area contributed by atoms with Gasteiger partial charge in [-0.1, -0.05) is 0 Å². The van der Waals surface area contributed by atoms with Gasteiger partial charge in [0, 0.05) is 14.2 Å². The molecule has 0 saturated carbocycles. The molecular weight excluding hydrogens is 178 g/mol. The van der Waals surface area contributed by atoms with Gasteiger partial charge < -0.3 is 9.30 Å². The Morgan fingerprint density at radius 3 is 2.67 bits per heavy atom. The highest BCUT2D eigenvalue weighted by Crippen LogP contribution is 2.13. The van der Waals surface area contributed by atoms with E-state index in [-0.39, 0.29) is 6.10 Å². The molecule has 0 amide bonds. The lowest BCUT2D eigenvalue weighted by Gasteiger charge is -2.07. The van der Waals surface area contributed by atoms with E-state index in [9.17, 15) is 0 Å². The third kappa shape index (κ3) is 1.59. The quantitative estimate of drug-likeness (QED) is 0.673. The second kappa shape index (κ2) is 3.87. The van der Waals surface area contributed by atoms with Crippen molar-refractivity contribution in [3.63, 3.8) is 0 Å². The van der Waals surface area contributed by atoms with Gasteiger partial charge in [-0.15, -0.1) is 21.8 Å². The van der Waals surface area contributed by atoms with Gasteiger partial charge in [-0.3, -0.25) is 0 Å². The summed E-state index contributed by atoms with van der Waals surface area (Å²) in [5.74, 6) is 1.93. The van der Waals surface area contributed by atoms with Crippen LogP contribution in [-0.4, -0.2) is 21.9 Å². The molecule has 0 saturated heterocycles. The van der Waals surface area contributed by atoms with E-state index in [0.717, 1.165) is 11.6 Å². The molecule has 0 spiro atoms. The van der Waals surface area contributed by atoms with Gasteiger partial charge in [0.25, 0.3) is 0 Å². The molecular formula is C7H12ClN3O. The zero-order valence-electron chi connectivity index (χ0n) is 7.41. The molecule has 1 unspecified atom stereocenters. The van der Waals surface area contributed by atoms with Crippen molar-refractivity contribution in [2.24, 2.45) is 7.05 Å². The summed E-state index contributed by atoms with van der Waals surface area (Å²) >= 11 is 5.63. The molecule has 1 rings (SSSR count). The van der Waals surface area contributed by atoms with Crippen LogP contribution in [0.4, 0.5) is 0 Å². The molecule has 0 radical (unpaired) electrons. The first-order valence-electron chi connectivity index (χ1n) is 3.67. The van der Waals surface area contributed by atoms with Crippen molar-refractivity contribution in [1.29, 1.82) is 0 Å².